The Morgan fingerprint density at radius 2 is 1.53 bits per heavy atom. The summed E-state index contributed by atoms with van der Waals surface area (Å²) in [5.41, 5.74) is 0.122. The molecule has 0 fully saturated rings. The molecule has 0 aromatic heterocycles. The summed E-state index contributed by atoms with van der Waals surface area (Å²) in [5, 5.41) is 26.8. The van der Waals surface area contributed by atoms with Gasteiger partial charge in [0.25, 0.3) is 0 Å². The molecule has 0 rings (SSSR count). The Hall–Kier alpha value is -1.14. The van der Waals surface area contributed by atoms with Gasteiger partial charge in [0.15, 0.2) is 0 Å². The SMILES string of the molecule is CC(O)CNC(C)(C)C.O=C(O)C(=O)O. The van der Waals surface area contributed by atoms with Gasteiger partial charge >= 0.3 is 11.9 Å². The molecule has 1 atom stereocenters. The largest absolute Gasteiger partial charge is 0.473 e. The van der Waals surface area contributed by atoms with Gasteiger partial charge in [0.05, 0.1) is 6.10 Å². The minimum absolute atomic E-state index is 0.122. The number of carboxylic acids is 2. The van der Waals surface area contributed by atoms with Crippen molar-refractivity contribution in [1.29, 1.82) is 0 Å². The Labute approximate surface area is 88.9 Å². The van der Waals surface area contributed by atoms with E-state index in [0.29, 0.717) is 6.54 Å². The summed E-state index contributed by atoms with van der Waals surface area (Å²) in [5.74, 6) is -3.65. The molecular weight excluding hydrogens is 202 g/mol. The number of hydrogen-bond donors (Lipinski definition) is 4. The van der Waals surface area contributed by atoms with Crippen LogP contribution >= 0.6 is 0 Å². The lowest BCUT2D eigenvalue weighted by molar-refractivity contribution is -0.159. The zero-order valence-electron chi connectivity index (χ0n) is 9.44. The normalized spacial score (nSPS) is 12.3. The van der Waals surface area contributed by atoms with Crippen molar-refractivity contribution in [3.8, 4) is 0 Å². The summed E-state index contributed by atoms with van der Waals surface area (Å²) in [7, 11) is 0. The van der Waals surface area contributed by atoms with Crippen LogP contribution in [0.2, 0.25) is 0 Å². The van der Waals surface area contributed by atoms with Crippen LogP contribution in [0.4, 0.5) is 0 Å². The first kappa shape index (κ1) is 16.3. The predicted molar refractivity (Wildman–Crippen MR) is 54.7 cm³/mol. The molecule has 90 valence electrons. The second-order valence-corrected chi connectivity index (χ2v) is 4.09. The molecule has 6 heteroatoms. The second kappa shape index (κ2) is 7.19. The number of carboxylic acid groups (broad SMARTS) is 2. The zero-order chi connectivity index (χ0) is 12.6. The number of hydrogen-bond acceptors (Lipinski definition) is 4. The maximum absolute atomic E-state index is 9.10. The van der Waals surface area contributed by atoms with Crippen LogP contribution in [0.1, 0.15) is 27.7 Å². The molecule has 6 nitrogen and oxygen atoms in total. The molecule has 4 N–H and O–H groups in total. The van der Waals surface area contributed by atoms with Crippen molar-refractivity contribution in [2.75, 3.05) is 6.54 Å². The van der Waals surface area contributed by atoms with Gasteiger partial charge in [-0.05, 0) is 27.7 Å². The number of rotatable bonds is 2. The third kappa shape index (κ3) is 19.3. The number of carbonyl (C=O) groups is 2. The zero-order valence-corrected chi connectivity index (χ0v) is 9.44. The lowest BCUT2D eigenvalue weighted by Crippen LogP contribution is -2.39. The summed E-state index contributed by atoms with van der Waals surface area (Å²) in [6.45, 7) is 8.68. The summed E-state index contributed by atoms with van der Waals surface area (Å²) in [4.78, 5) is 18.2. The van der Waals surface area contributed by atoms with Crippen molar-refractivity contribution < 1.29 is 24.9 Å². The van der Waals surface area contributed by atoms with E-state index in [9.17, 15) is 0 Å². The van der Waals surface area contributed by atoms with Gasteiger partial charge in [0, 0.05) is 12.1 Å². The fraction of sp³-hybridized carbons (Fsp3) is 0.778. The van der Waals surface area contributed by atoms with Crippen molar-refractivity contribution >= 4 is 11.9 Å². The Bertz CT molecular complexity index is 195. The molecule has 0 radical (unpaired) electrons. The van der Waals surface area contributed by atoms with Crippen LogP contribution in [0.3, 0.4) is 0 Å². The van der Waals surface area contributed by atoms with Crippen LogP contribution in [0, 0.1) is 0 Å². The predicted octanol–water partition coefficient (Wildman–Crippen LogP) is -0.0891. The van der Waals surface area contributed by atoms with E-state index in [1.54, 1.807) is 6.92 Å². The van der Waals surface area contributed by atoms with E-state index in [4.69, 9.17) is 24.9 Å². The first-order valence-electron chi connectivity index (χ1n) is 4.45. The summed E-state index contributed by atoms with van der Waals surface area (Å²) >= 11 is 0. The third-order valence-corrected chi connectivity index (χ3v) is 1.11. The highest BCUT2D eigenvalue weighted by Crippen LogP contribution is 1.97. The van der Waals surface area contributed by atoms with Gasteiger partial charge in [-0.15, -0.1) is 0 Å². The molecule has 0 aromatic carbocycles. The van der Waals surface area contributed by atoms with Gasteiger partial charge in [-0.2, -0.15) is 0 Å². The van der Waals surface area contributed by atoms with E-state index in [0.717, 1.165) is 0 Å². The van der Waals surface area contributed by atoms with Gasteiger partial charge < -0.3 is 20.6 Å². The molecule has 1 unspecified atom stereocenters. The molecule has 0 saturated heterocycles. The number of nitrogens with one attached hydrogen (secondary N) is 1. The van der Waals surface area contributed by atoms with Crippen LogP contribution in [0.25, 0.3) is 0 Å². The molecule has 0 aliphatic rings. The van der Waals surface area contributed by atoms with Gasteiger partial charge in [0.1, 0.15) is 0 Å². The summed E-state index contributed by atoms with van der Waals surface area (Å²) < 4.78 is 0. The van der Waals surface area contributed by atoms with Gasteiger partial charge in [0.2, 0.25) is 0 Å². The number of β-amino-alcohol motifs (C(OH)–C–C–N with tert-alkyl or cyclic N) is 1. The van der Waals surface area contributed by atoms with Crippen molar-refractivity contribution in [1.82, 2.24) is 5.32 Å². The number of aliphatic carboxylic acids is 2. The van der Waals surface area contributed by atoms with Crippen molar-refractivity contribution in [2.45, 2.75) is 39.3 Å². The van der Waals surface area contributed by atoms with Crippen LogP contribution in [-0.4, -0.2) is 45.4 Å². The topological polar surface area (TPSA) is 107 Å². The first-order chi connectivity index (χ1) is 6.56. The summed E-state index contributed by atoms with van der Waals surface area (Å²) in [6.07, 6.45) is -0.246. The first-order valence-corrected chi connectivity index (χ1v) is 4.45. The smallest absolute Gasteiger partial charge is 0.414 e. The highest BCUT2D eigenvalue weighted by molar-refractivity contribution is 6.27. The van der Waals surface area contributed by atoms with Gasteiger partial charge in [-0.1, -0.05) is 0 Å². The highest BCUT2D eigenvalue weighted by atomic mass is 16.4. The Morgan fingerprint density at radius 1 is 1.20 bits per heavy atom. The maximum atomic E-state index is 9.10. The molecule has 0 aliphatic heterocycles. The average molecular weight is 221 g/mol. The minimum atomic E-state index is -1.82. The molecular formula is C9H19NO5. The Balaban J connectivity index is 0. The van der Waals surface area contributed by atoms with Crippen molar-refractivity contribution in [3.63, 3.8) is 0 Å². The molecule has 0 aromatic rings. The van der Waals surface area contributed by atoms with E-state index in [2.05, 4.69) is 26.1 Å². The maximum Gasteiger partial charge on any atom is 0.414 e. The fourth-order valence-corrected chi connectivity index (χ4v) is 0.454. The lowest BCUT2D eigenvalue weighted by Gasteiger charge is -2.21. The van der Waals surface area contributed by atoms with E-state index in [1.165, 1.54) is 0 Å². The van der Waals surface area contributed by atoms with Crippen molar-refractivity contribution in [3.05, 3.63) is 0 Å². The quantitative estimate of drug-likeness (QED) is 0.485. The van der Waals surface area contributed by atoms with E-state index in [-0.39, 0.29) is 11.6 Å². The number of aliphatic hydroxyl groups excluding tert-OH is 1. The number of aliphatic hydroxyl groups is 1. The standard InChI is InChI=1S/C7H17NO.C2H2O4/c1-6(9)5-8-7(2,3)4;3-1(4)2(5)6/h6,8-9H,5H2,1-4H3;(H,3,4)(H,5,6). The molecule has 0 aliphatic carbocycles. The van der Waals surface area contributed by atoms with Gasteiger partial charge in [-0.25, -0.2) is 9.59 Å². The molecule has 0 saturated carbocycles. The monoisotopic (exact) mass is 221 g/mol. The molecule has 0 amide bonds. The second-order valence-electron chi connectivity index (χ2n) is 4.09. The summed E-state index contributed by atoms with van der Waals surface area (Å²) in [6, 6.07) is 0. The minimum Gasteiger partial charge on any atom is -0.473 e. The molecule has 15 heavy (non-hydrogen) atoms. The molecule has 0 heterocycles. The van der Waals surface area contributed by atoms with E-state index in [1.807, 2.05) is 0 Å². The van der Waals surface area contributed by atoms with E-state index < -0.39 is 11.9 Å². The third-order valence-electron chi connectivity index (χ3n) is 1.11. The molecule has 0 bridgehead atoms. The fourth-order valence-electron chi connectivity index (χ4n) is 0.454. The Morgan fingerprint density at radius 3 is 1.60 bits per heavy atom. The van der Waals surface area contributed by atoms with Crippen LogP contribution in [0.5, 0.6) is 0 Å². The van der Waals surface area contributed by atoms with E-state index >= 15 is 0 Å². The molecule has 0 spiro atoms. The van der Waals surface area contributed by atoms with Crippen LogP contribution < -0.4 is 5.32 Å². The van der Waals surface area contributed by atoms with Crippen molar-refractivity contribution in [2.24, 2.45) is 0 Å². The van der Waals surface area contributed by atoms with Gasteiger partial charge in [-0.3, -0.25) is 0 Å². The highest BCUT2D eigenvalue weighted by Gasteiger charge is 2.08. The Kier molecular flexibility index (Phi) is 7.81. The van der Waals surface area contributed by atoms with Crippen LogP contribution in [0.15, 0.2) is 0 Å². The van der Waals surface area contributed by atoms with Crippen LogP contribution in [-0.2, 0) is 9.59 Å². The lowest BCUT2D eigenvalue weighted by atomic mass is 10.1. The average Bonchev–Trinajstić information content (AvgIpc) is 2.00.